The Morgan fingerprint density at radius 1 is 1.33 bits per heavy atom. The predicted molar refractivity (Wildman–Crippen MR) is 57.3 cm³/mol. The Bertz CT molecular complexity index is 126. The lowest BCUT2D eigenvalue weighted by molar-refractivity contribution is 0.473. The van der Waals surface area contributed by atoms with Crippen molar-refractivity contribution in [2.75, 3.05) is 20.1 Å². The van der Waals surface area contributed by atoms with E-state index in [9.17, 15) is 0 Å². The lowest BCUT2D eigenvalue weighted by Gasteiger charge is -2.18. The zero-order chi connectivity index (χ0) is 9.40. The van der Waals surface area contributed by atoms with Crippen molar-refractivity contribution in [1.29, 1.82) is 0 Å². The van der Waals surface area contributed by atoms with Crippen LogP contribution in [0.4, 0.5) is 0 Å². The van der Waals surface area contributed by atoms with Gasteiger partial charge >= 0.3 is 0 Å². The summed E-state index contributed by atoms with van der Waals surface area (Å²) in [6.45, 7) is 3.47. The molecule has 0 aromatic carbocycles. The first kappa shape index (κ1) is 11.8. The smallest absolute Gasteiger partial charge is 0.0931 e. The van der Waals surface area contributed by atoms with Gasteiger partial charge in [0, 0.05) is 13.6 Å². The monoisotopic (exact) mass is 187 g/mol. The van der Waals surface area contributed by atoms with E-state index in [1.165, 1.54) is 25.7 Å². The summed E-state index contributed by atoms with van der Waals surface area (Å²) in [5.41, 5.74) is 7.07. The summed E-state index contributed by atoms with van der Waals surface area (Å²) < 4.78 is 0. The summed E-state index contributed by atoms with van der Waals surface area (Å²) in [4.78, 5) is 2.77. The van der Waals surface area contributed by atoms with Gasteiger partial charge in [-0.1, -0.05) is 38.4 Å². The van der Waals surface area contributed by atoms with Crippen LogP contribution in [-0.2, 0) is 0 Å². The molecule has 1 radical (unpaired) electrons. The maximum atomic E-state index is 7.07. The molecule has 0 atom stereocenters. The van der Waals surface area contributed by atoms with Gasteiger partial charge < -0.3 is 4.90 Å². The molecule has 71 valence electrons. The van der Waals surface area contributed by atoms with Crippen LogP contribution in [0.3, 0.4) is 0 Å². The van der Waals surface area contributed by atoms with Crippen LogP contribution in [-0.4, -0.2) is 30.0 Å². The third kappa shape index (κ3) is 5.49. The van der Waals surface area contributed by atoms with Crippen molar-refractivity contribution in [3.8, 4) is 0 Å². The summed E-state index contributed by atoms with van der Waals surface area (Å²) in [5, 5.41) is 0. The average molecular weight is 187 g/mol. The number of likely N-dealkylation sites (N-methyl/N-ethyl adjacent to an activating group) is 1. The topological polar surface area (TPSA) is 27.0 Å². The van der Waals surface area contributed by atoms with Crippen molar-refractivity contribution in [1.82, 2.24) is 10.6 Å². The highest BCUT2D eigenvalue weighted by Gasteiger charge is 2.00. The number of nitrogens with one attached hydrogen (secondary N) is 1. The Kier molecular flexibility index (Phi) is 7.40. The number of hydrogen-bond donors (Lipinski definition) is 0. The molecule has 0 heterocycles. The SMILES string of the molecule is CCCCCCN(C)C(=S)C[NH]. The first-order valence-corrected chi connectivity index (χ1v) is 5.01. The maximum Gasteiger partial charge on any atom is 0.0931 e. The normalized spacial score (nSPS) is 9.92. The van der Waals surface area contributed by atoms with Gasteiger partial charge in [-0.05, 0) is 6.42 Å². The van der Waals surface area contributed by atoms with Gasteiger partial charge in [-0.2, -0.15) is 0 Å². The van der Waals surface area contributed by atoms with Crippen molar-refractivity contribution >= 4 is 17.2 Å². The minimum atomic E-state index is 0.250. The van der Waals surface area contributed by atoms with Gasteiger partial charge in [-0.25, -0.2) is 0 Å². The standard InChI is InChI=1S/C9H19N2S/c1-3-4-5-6-7-11(2)9(12)8-10/h10H,3-8H2,1-2H3. The fraction of sp³-hybridized carbons (Fsp3) is 0.889. The quantitative estimate of drug-likeness (QED) is 0.470. The molecule has 0 bridgehead atoms. The number of hydrogen-bond acceptors (Lipinski definition) is 1. The molecule has 0 spiro atoms. The fourth-order valence-electron chi connectivity index (χ4n) is 1.04. The minimum Gasteiger partial charge on any atom is -0.368 e. The van der Waals surface area contributed by atoms with Crippen LogP contribution < -0.4 is 5.73 Å². The van der Waals surface area contributed by atoms with Crippen LogP contribution in [0.2, 0.25) is 0 Å². The maximum absolute atomic E-state index is 7.07. The summed E-state index contributed by atoms with van der Waals surface area (Å²) in [7, 11) is 1.98. The highest BCUT2D eigenvalue weighted by molar-refractivity contribution is 7.80. The number of unbranched alkanes of at least 4 members (excludes halogenated alkanes) is 3. The molecule has 0 saturated carbocycles. The molecule has 2 nitrogen and oxygen atoms in total. The van der Waals surface area contributed by atoms with Crippen LogP contribution in [0.5, 0.6) is 0 Å². The third-order valence-corrected chi connectivity index (χ3v) is 2.38. The van der Waals surface area contributed by atoms with Gasteiger partial charge in [0.2, 0.25) is 0 Å². The third-order valence-electron chi connectivity index (χ3n) is 1.92. The molecule has 0 aliphatic heterocycles. The molecule has 0 amide bonds. The van der Waals surface area contributed by atoms with Crippen molar-refractivity contribution in [2.45, 2.75) is 32.6 Å². The first-order chi connectivity index (χ1) is 5.72. The number of rotatable bonds is 6. The molecule has 3 heteroatoms. The van der Waals surface area contributed by atoms with Crippen LogP contribution in [0, 0.1) is 0 Å². The molecular formula is C9H19N2S. The van der Waals surface area contributed by atoms with Crippen molar-refractivity contribution in [2.24, 2.45) is 0 Å². The van der Waals surface area contributed by atoms with E-state index in [2.05, 4.69) is 6.92 Å². The summed E-state index contributed by atoms with van der Waals surface area (Å²) in [6.07, 6.45) is 5.06. The van der Waals surface area contributed by atoms with Crippen LogP contribution in [0.25, 0.3) is 0 Å². The zero-order valence-electron chi connectivity index (χ0n) is 8.10. The predicted octanol–water partition coefficient (Wildman–Crippen LogP) is 2.11. The lowest BCUT2D eigenvalue weighted by atomic mass is 10.2. The Balaban J connectivity index is 3.31. The fourth-order valence-corrected chi connectivity index (χ4v) is 1.13. The lowest BCUT2D eigenvalue weighted by Crippen LogP contribution is -2.28. The van der Waals surface area contributed by atoms with E-state index in [0.29, 0.717) is 0 Å². The number of thiocarbonyl (C=S) groups is 1. The molecule has 0 saturated heterocycles. The summed E-state index contributed by atoms with van der Waals surface area (Å²) in [5.74, 6) is 0. The molecular weight excluding hydrogens is 168 g/mol. The Labute approximate surface area is 81.1 Å². The molecule has 0 aromatic rings. The Morgan fingerprint density at radius 2 is 2.00 bits per heavy atom. The van der Waals surface area contributed by atoms with E-state index in [0.717, 1.165) is 11.5 Å². The first-order valence-electron chi connectivity index (χ1n) is 4.61. The Morgan fingerprint density at radius 3 is 2.50 bits per heavy atom. The van der Waals surface area contributed by atoms with Gasteiger partial charge in [0.15, 0.2) is 0 Å². The van der Waals surface area contributed by atoms with E-state index >= 15 is 0 Å². The molecule has 0 aliphatic rings. The molecule has 0 rings (SSSR count). The van der Waals surface area contributed by atoms with Crippen LogP contribution in [0.1, 0.15) is 32.6 Å². The zero-order valence-corrected chi connectivity index (χ0v) is 8.91. The van der Waals surface area contributed by atoms with Crippen LogP contribution in [0.15, 0.2) is 0 Å². The van der Waals surface area contributed by atoms with Gasteiger partial charge in [0.05, 0.1) is 11.5 Å². The summed E-state index contributed by atoms with van der Waals surface area (Å²) in [6, 6.07) is 0. The van der Waals surface area contributed by atoms with E-state index in [1.807, 2.05) is 11.9 Å². The second-order valence-electron chi connectivity index (χ2n) is 3.05. The van der Waals surface area contributed by atoms with Gasteiger partial charge in [0.25, 0.3) is 0 Å². The number of nitrogens with zero attached hydrogens (tertiary/aromatic N) is 1. The van der Waals surface area contributed by atoms with Crippen LogP contribution >= 0.6 is 12.2 Å². The van der Waals surface area contributed by atoms with Crippen molar-refractivity contribution in [3.05, 3.63) is 0 Å². The van der Waals surface area contributed by atoms with Gasteiger partial charge in [-0.3, -0.25) is 5.73 Å². The Hall–Kier alpha value is -0.150. The second-order valence-corrected chi connectivity index (χ2v) is 3.52. The molecule has 0 aliphatic carbocycles. The van der Waals surface area contributed by atoms with Gasteiger partial charge in [0.1, 0.15) is 0 Å². The molecule has 0 unspecified atom stereocenters. The molecule has 1 N–H and O–H groups in total. The molecule has 0 fully saturated rings. The van der Waals surface area contributed by atoms with E-state index in [-0.39, 0.29) is 6.54 Å². The van der Waals surface area contributed by atoms with Crippen molar-refractivity contribution < 1.29 is 0 Å². The molecule has 12 heavy (non-hydrogen) atoms. The minimum absolute atomic E-state index is 0.250. The van der Waals surface area contributed by atoms with E-state index in [1.54, 1.807) is 0 Å². The highest BCUT2D eigenvalue weighted by Crippen LogP contribution is 2.00. The highest BCUT2D eigenvalue weighted by atomic mass is 32.1. The summed E-state index contributed by atoms with van der Waals surface area (Å²) >= 11 is 4.99. The average Bonchev–Trinajstić information content (AvgIpc) is 2.10. The molecule has 0 aromatic heterocycles. The van der Waals surface area contributed by atoms with E-state index < -0.39 is 0 Å². The largest absolute Gasteiger partial charge is 0.368 e. The van der Waals surface area contributed by atoms with Gasteiger partial charge in [-0.15, -0.1) is 0 Å². The second kappa shape index (κ2) is 7.50. The van der Waals surface area contributed by atoms with Crippen molar-refractivity contribution in [3.63, 3.8) is 0 Å². The van der Waals surface area contributed by atoms with E-state index in [4.69, 9.17) is 18.0 Å².